The number of aryl methyl sites for hydroxylation is 1. The molecule has 2 N–H and O–H groups in total. The van der Waals surface area contributed by atoms with E-state index in [0.717, 1.165) is 23.0 Å². The minimum absolute atomic E-state index is 0.0735. The van der Waals surface area contributed by atoms with Crippen LogP contribution in [0.25, 0.3) is 10.9 Å². The van der Waals surface area contributed by atoms with Gasteiger partial charge in [0.1, 0.15) is 23.9 Å². The molecule has 1 unspecified atom stereocenters. The van der Waals surface area contributed by atoms with Crippen LogP contribution in [-0.2, 0) is 4.79 Å². The number of carboxylic acid groups (broad SMARTS) is 1. The number of nitrogens with zero attached hydrogens (tertiary/aromatic N) is 1. The molecule has 1 atom stereocenters. The van der Waals surface area contributed by atoms with Crippen molar-refractivity contribution in [3.8, 4) is 5.75 Å². The molecule has 0 aliphatic rings. The van der Waals surface area contributed by atoms with E-state index < -0.39 is 12.0 Å². The Hall–Kier alpha value is -2.14. The van der Waals surface area contributed by atoms with Crippen molar-refractivity contribution < 1.29 is 14.6 Å². The van der Waals surface area contributed by atoms with Gasteiger partial charge < -0.3 is 15.2 Å². The second-order valence-electron chi connectivity index (χ2n) is 4.94. The zero-order valence-corrected chi connectivity index (χ0v) is 12.3. The van der Waals surface area contributed by atoms with Gasteiger partial charge in [0.25, 0.3) is 0 Å². The number of pyridine rings is 1. The topological polar surface area (TPSA) is 71.5 Å². The summed E-state index contributed by atoms with van der Waals surface area (Å²) < 4.78 is 5.69. The SMILES string of the molecule is CCCNC(COc1cccc2ccc(C)nc12)C(=O)O. The molecule has 0 radical (unpaired) electrons. The fourth-order valence-corrected chi connectivity index (χ4v) is 2.04. The monoisotopic (exact) mass is 288 g/mol. The molecule has 0 bridgehead atoms. The lowest BCUT2D eigenvalue weighted by atomic mass is 10.2. The molecular formula is C16H20N2O3. The standard InChI is InChI=1S/C16H20N2O3/c1-3-9-17-13(16(19)20)10-21-14-6-4-5-12-8-7-11(2)18-15(12)14/h4-8,13,17H,3,9-10H2,1-2H3,(H,19,20). The first-order valence-corrected chi connectivity index (χ1v) is 7.07. The van der Waals surface area contributed by atoms with Crippen molar-refractivity contribution in [3.05, 3.63) is 36.0 Å². The van der Waals surface area contributed by atoms with E-state index >= 15 is 0 Å². The fraction of sp³-hybridized carbons (Fsp3) is 0.375. The second-order valence-corrected chi connectivity index (χ2v) is 4.94. The van der Waals surface area contributed by atoms with Crippen LogP contribution in [0, 0.1) is 6.92 Å². The Morgan fingerprint density at radius 3 is 2.90 bits per heavy atom. The van der Waals surface area contributed by atoms with Crippen LogP contribution in [0.2, 0.25) is 0 Å². The predicted octanol–water partition coefficient (Wildman–Crippen LogP) is 2.37. The predicted molar refractivity (Wildman–Crippen MR) is 81.7 cm³/mol. The van der Waals surface area contributed by atoms with E-state index in [4.69, 9.17) is 4.74 Å². The Balaban J connectivity index is 2.15. The minimum Gasteiger partial charge on any atom is -0.489 e. The average Bonchev–Trinajstić information content (AvgIpc) is 2.47. The summed E-state index contributed by atoms with van der Waals surface area (Å²) in [5.41, 5.74) is 1.66. The molecule has 0 saturated carbocycles. The van der Waals surface area contributed by atoms with Crippen molar-refractivity contribution in [2.75, 3.05) is 13.2 Å². The Labute approximate surface area is 124 Å². The van der Waals surface area contributed by atoms with E-state index in [0.29, 0.717) is 12.3 Å². The maximum absolute atomic E-state index is 11.2. The van der Waals surface area contributed by atoms with Crippen LogP contribution in [0.15, 0.2) is 30.3 Å². The van der Waals surface area contributed by atoms with Crippen LogP contribution in [0.1, 0.15) is 19.0 Å². The number of para-hydroxylation sites is 1. The quantitative estimate of drug-likeness (QED) is 0.818. The molecule has 1 heterocycles. The number of hydrogen-bond acceptors (Lipinski definition) is 4. The van der Waals surface area contributed by atoms with Gasteiger partial charge in [0.15, 0.2) is 0 Å². The number of aliphatic carboxylic acids is 1. The number of carboxylic acids is 1. The summed E-state index contributed by atoms with van der Waals surface area (Å²) in [6, 6.07) is 8.85. The van der Waals surface area contributed by atoms with E-state index in [1.807, 2.05) is 44.2 Å². The Bertz CT molecular complexity index is 628. The summed E-state index contributed by atoms with van der Waals surface area (Å²) in [5.74, 6) is -0.298. The summed E-state index contributed by atoms with van der Waals surface area (Å²) in [6.45, 7) is 4.63. The van der Waals surface area contributed by atoms with Crippen LogP contribution in [0.3, 0.4) is 0 Å². The van der Waals surface area contributed by atoms with Crippen molar-refractivity contribution in [1.82, 2.24) is 10.3 Å². The molecule has 0 amide bonds. The van der Waals surface area contributed by atoms with Gasteiger partial charge in [-0.15, -0.1) is 0 Å². The largest absolute Gasteiger partial charge is 0.489 e. The molecule has 0 aliphatic carbocycles. The smallest absolute Gasteiger partial charge is 0.324 e. The van der Waals surface area contributed by atoms with Gasteiger partial charge in [0.05, 0.1) is 0 Å². The molecule has 2 rings (SSSR count). The zero-order chi connectivity index (χ0) is 15.2. The zero-order valence-electron chi connectivity index (χ0n) is 12.3. The highest BCUT2D eigenvalue weighted by Gasteiger charge is 2.17. The highest BCUT2D eigenvalue weighted by atomic mass is 16.5. The summed E-state index contributed by atoms with van der Waals surface area (Å²) in [6.07, 6.45) is 0.874. The number of aromatic nitrogens is 1. The number of hydrogen-bond donors (Lipinski definition) is 2. The molecule has 5 heteroatoms. The van der Waals surface area contributed by atoms with E-state index in [2.05, 4.69) is 10.3 Å². The summed E-state index contributed by atoms with van der Waals surface area (Å²) >= 11 is 0. The van der Waals surface area contributed by atoms with Gasteiger partial charge in [-0.3, -0.25) is 4.79 Å². The molecular weight excluding hydrogens is 268 g/mol. The molecule has 0 spiro atoms. The molecule has 21 heavy (non-hydrogen) atoms. The van der Waals surface area contributed by atoms with Gasteiger partial charge in [-0.05, 0) is 32.0 Å². The Morgan fingerprint density at radius 2 is 2.19 bits per heavy atom. The molecule has 1 aromatic heterocycles. The van der Waals surface area contributed by atoms with Crippen molar-refractivity contribution in [3.63, 3.8) is 0 Å². The Morgan fingerprint density at radius 1 is 1.38 bits per heavy atom. The van der Waals surface area contributed by atoms with Crippen molar-refractivity contribution in [2.24, 2.45) is 0 Å². The molecule has 1 aromatic carbocycles. The number of carbonyl (C=O) groups is 1. The van der Waals surface area contributed by atoms with E-state index in [9.17, 15) is 9.90 Å². The highest BCUT2D eigenvalue weighted by Crippen LogP contribution is 2.23. The maximum atomic E-state index is 11.2. The van der Waals surface area contributed by atoms with Crippen molar-refractivity contribution in [2.45, 2.75) is 26.3 Å². The van der Waals surface area contributed by atoms with Crippen LogP contribution in [-0.4, -0.2) is 35.3 Å². The van der Waals surface area contributed by atoms with Gasteiger partial charge in [-0.25, -0.2) is 4.98 Å². The molecule has 2 aromatic rings. The lowest BCUT2D eigenvalue weighted by Crippen LogP contribution is -2.41. The lowest BCUT2D eigenvalue weighted by Gasteiger charge is -2.15. The molecule has 0 aliphatic heterocycles. The maximum Gasteiger partial charge on any atom is 0.324 e. The number of benzene rings is 1. The lowest BCUT2D eigenvalue weighted by molar-refractivity contribution is -0.140. The summed E-state index contributed by atoms with van der Waals surface area (Å²) in [4.78, 5) is 15.7. The van der Waals surface area contributed by atoms with Crippen LogP contribution >= 0.6 is 0 Å². The normalized spacial score (nSPS) is 12.3. The number of rotatable bonds is 7. The first kappa shape index (κ1) is 15.3. The third-order valence-electron chi connectivity index (χ3n) is 3.17. The van der Waals surface area contributed by atoms with E-state index in [1.165, 1.54) is 0 Å². The third kappa shape index (κ3) is 3.92. The van der Waals surface area contributed by atoms with Crippen molar-refractivity contribution >= 4 is 16.9 Å². The van der Waals surface area contributed by atoms with Crippen LogP contribution in [0.4, 0.5) is 0 Å². The van der Waals surface area contributed by atoms with Crippen molar-refractivity contribution in [1.29, 1.82) is 0 Å². The van der Waals surface area contributed by atoms with E-state index in [-0.39, 0.29) is 6.61 Å². The first-order valence-electron chi connectivity index (χ1n) is 7.07. The minimum atomic E-state index is -0.909. The Kier molecular flexibility index (Phi) is 5.11. The van der Waals surface area contributed by atoms with Crippen LogP contribution in [0.5, 0.6) is 5.75 Å². The number of ether oxygens (including phenoxy) is 1. The first-order chi connectivity index (χ1) is 10.1. The van der Waals surface area contributed by atoms with Gasteiger partial charge in [0, 0.05) is 11.1 Å². The summed E-state index contributed by atoms with van der Waals surface area (Å²) in [5, 5.41) is 13.1. The third-order valence-corrected chi connectivity index (χ3v) is 3.17. The van der Waals surface area contributed by atoms with Crippen LogP contribution < -0.4 is 10.1 Å². The molecule has 0 saturated heterocycles. The number of nitrogens with one attached hydrogen (secondary N) is 1. The summed E-state index contributed by atoms with van der Waals surface area (Å²) in [7, 11) is 0. The molecule has 112 valence electrons. The molecule has 5 nitrogen and oxygen atoms in total. The van der Waals surface area contributed by atoms with Gasteiger partial charge in [0.2, 0.25) is 0 Å². The second kappa shape index (κ2) is 7.04. The van der Waals surface area contributed by atoms with Gasteiger partial charge in [-0.1, -0.05) is 25.1 Å². The van der Waals surface area contributed by atoms with Gasteiger partial charge >= 0.3 is 5.97 Å². The fourth-order valence-electron chi connectivity index (χ4n) is 2.04. The average molecular weight is 288 g/mol. The number of fused-ring (bicyclic) bond motifs is 1. The molecule has 0 fully saturated rings. The highest BCUT2D eigenvalue weighted by molar-refractivity contribution is 5.84. The van der Waals surface area contributed by atoms with Gasteiger partial charge in [-0.2, -0.15) is 0 Å². The van der Waals surface area contributed by atoms with E-state index in [1.54, 1.807) is 0 Å².